The molecule has 4 rings (SSSR count). The van der Waals surface area contributed by atoms with Crippen molar-refractivity contribution in [2.75, 3.05) is 42.6 Å². The van der Waals surface area contributed by atoms with Crippen LogP contribution in [-0.4, -0.2) is 61.7 Å². The Morgan fingerprint density at radius 2 is 1.77 bits per heavy atom. The van der Waals surface area contributed by atoms with E-state index in [1.807, 2.05) is 12.1 Å². The topological polar surface area (TPSA) is 91.6 Å². The molecule has 2 fully saturated rings. The quantitative estimate of drug-likeness (QED) is 0.540. The number of carbonyl (C=O) groups excluding carboxylic acids is 3. The van der Waals surface area contributed by atoms with Gasteiger partial charge in [-0.2, -0.15) is 0 Å². The van der Waals surface area contributed by atoms with E-state index in [1.165, 1.54) is 4.90 Å². The number of para-hydroxylation sites is 2. The lowest BCUT2D eigenvalue weighted by Crippen LogP contribution is -3.19. The van der Waals surface area contributed by atoms with Gasteiger partial charge in [-0.1, -0.05) is 12.1 Å². The van der Waals surface area contributed by atoms with E-state index in [4.69, 9.17) is 4.74 Å². The van der Waals surface area contributed by atoms with Gasteiger partial charge in [0.1, 0.15) is 5.75 Å². The minimum Gasteiger partial charge on any atom is -0.506 e. The molecule has 8 heteroatoms. The molecular formula is C23H26N3O5+. The van der Waals surface area contributed by atoms with Crippen molar-refractivity contribution < 1.29 is 29.1 Å². The molecule has 2 amide bonds. The van der Waals surface area contributed by atoms with Gasteiger partial charge in [0, 0.05) is 0 Å². The van der Waals surface area contributed by atoms with Crippen molar-refractivity contribution in [3.63, 3.8) is 0 Å². The molecule has 0 aromatic heterocycles. The van der Waals surface area contributed by atoms with Crippen LogP contribution in [0.15, 0.2) is 48.5 Å². The largest absolute Gasteiger partial charge is 0.506 e. The zero-order valence-electron chi connectivity index (χ0n) is 17.4. The van der Waals surface area contributed by atoms with Gasteiger partial charge in [-0.15, -0.1) is 0 Å². The number of rotatable bonds is 5. The number of ether oxygens (including phenoxy) is 1. The lowest BCUT2D eigenvalue weighted by atomic mass is 10.1. The monoisotopic (exact) mass is 424 g/mol. The molecule has 2 N–H and O–H groups in total. The molecule has 31 heavy (non-hydrogen) atoms. The first-order valence-corrected chi connectivity index (χ1v) is 10.5. The molecule has 0 spiro atoms. The third kappa shape index (κ3) is 4.11. The molecule has 2 aliphatic rings. The number of phenols is 1. The highest BCUT2D eigenvalue weighted by Gasteiger charge is 2.46. The van der Waals surface area contributed by atoms with E-state index in [-0.39, 0.29) is 30.6 Å². The van der Waals surface area contributed by atoms with E-state index < -0.39 is 12.0 Å². The molecular weight excluding hydrogens is 398 g/mol. The number of amides is 2. The highest BCUT2D eigenvalue weighted by atomic mass is 16.5. The Kier molecular flexibility index (Phi) is 5.90. The highest BCUT2D eigenvalue weighted by molar-refractivity contribution is 6.22. The van der Waals surface area contributed by atoms with Crippen LogP contribution in [0, 0.1) is 0 Å². The second kappa shape index (κ2) is 8.77. The standard InChI is InChI=1S/C23H25N3O5/c1-2-31-23(30)16-7-9-17(10-8-16)26-21(28)15-19(22(26)29)25-13-11-24(12-14-25)18-5-3-4-6-20(18)27/h3-10,19,27H,2,11-15H2,1H3/p+1/t19-/m1/s1. The van der Waals surface area contributed by atoms with Gasteiger partial charge < -0.3 is 19.6 Å². The number of aromatic hydroxyl groups is 1. The predicted octanol–water partition coefficient (Wildman–Crippen LogP) is 0.606. The third-order valence-electron chi connectivity index (χ3n) is 5.90. The van der Waals surface area contributed by atoms with Crippen molar-refractivity contribution >= 4 is 29.2 Å². The van der Waals surface area contributed by atoms with Crippen molar-refractivity contribution in [3.05, 3.63) is 54.1 Å². The number of nitrogens with one attached hydrogen (secondary N) is 1. The van der Waals surface area contributed by atoms with E-state index >= 15 is 0 Å². The van der Waals surface area contributed by atoms with Crippen LogP contribution in [0.1, 0.15) is 23.7 Å². The van der Waals surface area contributed by atoms with Crippen LogP contribution in [0.2, 0.25) is 0 Å². The summed E-state index contributed by atoms with van der Waals surface area (Å²) in [6.07, 6.45) is 0.171. The number of nitrogens with zero attached hydrogens (tertiary/aromatic N) is 2. The van der Waals surface area contributed by atoms with E-state index in [9.17, 15) is 19.5 Å². The Morgan fingerprint density at radius 3 is 2.42 bits per heavy atom. The van der Waals surface area contributed by atoms with E-state index in [1.54, 1.807) is 43.3 Å². The summed E-state index contributed by atoms with van der Waals surface area (Å²) >= 11 is 0. The van der Waals surface area contributed by atoms with Crippen molar-refractivity contribution in [3.8, 4) is 5.75 Å². The summed E-state index contributed by atoms with van der Waals surface area (Å²) in [5.41, 5.74) is 1.64. The fourth-order valence-electron chi connectivity index (χ4n) is 4.30. The van der Waals surface area contributed by atoms with Gasteiger partial charge in [-0.3, -0.25) is 9.59 Å². The van der Waals surface area contributed by atoms with Gasteiger partial charge >= 0.3 is 5.97 Å². The van der Waals surface area contributed by atoms with Crippen molar-refractivity contribution in [2.45, 2.75) is 19.4 Å². The first-order valence-electron chi connectivity index (χ1n) is 10.5. The number of imide groups is 1. The lowest BCUT2D eigenvalue weighted by molar-refractivity contribution is -0.915. The minimum atomic E-state index is -0.433. The van der Waals surface area contributed by atoms with Gasteiger partial charge in [0.15, 0.2) is 6.04 Å². The van der Waals surface area contributed by atoms with Crippen LogP contribution in [0.3, 0.4) is 0 Å². The van der Waals surface area contributed by atoms with Crippen LogP contribution in [0.5, 0.6) is 5.75 Å². The van der Waals surface area contributed by atoms with Crippen molar-refractivity contribution in [1.82, 2.24) is 0 Å². The van der Waals surface area contributed by atoms with Crippen LogP contribution in [0.25, 0.3) is 0 Å². The number of piperazine rings is 1. The number of hydrogen-bond donors (Lipinski definition) is 2. The summed E-state index contributed by atoms with van der Waals surface area (Å²) in [4.78, 5) is 42.0. The summed E-state index contributed by atoms with van der Waals surface area (Å²) in [6, 6.07) is 13.2. The molecule has 2 aromatic rings. The summed E-state index contributed by atoms with van der Waals surface area (Å²) < 4.78 is 4.97. The van der Waals surface area contributed by atoms with E-state index in [0.717, 1.165) is 10.6 Å². The summed E-state index contributed by atoms with van der Waals surface area (Å²) in [5.74, 6) is -0.623. The fourth-order valence-corrected chi connectivity index (χ4v) is 4.30. The average Bonchev–Trinajstić information content (AvgIpc) is 3.08. The van der Waals surface area contributed by atoms with Crippen LogP contribution < -0.4 is 14.7 Å². The molecule has 0 unspecified atom stereocenters. The molecule has 0 aliphatic carbocycles. The van der Waals surface area contributed by atoms with Crippen molar-refractivity contribution in [1.29, 1.82) is 0 Å². The summed E-state index contributed by atoms with van der Waals surface area (Å²) in [6.45, 7) is 4.81. The van der Waals surface area contributed by atoms with E-state index in [2.05, 4.69) is 4.90 Å². The van der Waals surface area contributed by atoms with Gasteiger partial charge in [0.25, 0.3) is 5.91 Å². The van der Waals surface area contributed by atoms with E-state index in [0.29, 0.717) is 37.4 Å². The van der Waals surface area contributed by atoms with Gasteiger partial charge in [-0.05, 0) is 43.3 Å². The zero-order chi connectivity index (χ0) is 22.0. The van der Waals surface area contributed by atoms with Crippen molar-refractivity contribution in [2.24, 2.45) is 0 Å². The number of phenolic OH excluding ortho intramolecular Hbond substituents is 1. The Bertz CT molecular complexity index is 983. The number of benzene rings is 2. The fraction of sp³-hybridized carbons (Fsp3) is 0.348. The molecule has 2 aliphatic heterocycles. The molecule has 2 aromatic carbocycles. The second-order valence-electron chi connectivity index (χ2n) is 7.73. The molecule has 0 radical (unpaired) electrons. The number of hydrogen-bond acceptors (Lipinski definition) is 6. The minimum absolute atomic E-state index is 0.171. The summed E-state index contributed by atoms with van der Waals surface area (Å²) in [5, 5.41) is 10.1. The van der Waals surface area contributed by atoms with Gasteiger partial charge in [0.05, 0.1) is 56.1 Å². The summed E-state index contributed by atoms with van der Waals surface area (Å²) in [7, 11) is 0. The molecule has 0 bridgehead atoms. The smallest absolute Gasteiger partial charge is 0.338 e. The highest BCUT2D eigenvalue weighted by Crippen LogP contribution is 2.27. The first kappa shape index (κ1) is 20.9. The zero-order valence-corrected chi connectivity index (χ0v) is 17.4. The predicted molar refractivity (Wildman–Crippen MR) is 114 cm³/mol. The van der Waals surface area contributed by atoms with Gasteiger partial charge in [0.2, 0.25) is 5.91 Å². The maximum absolute atomic E-state index is 13.1. The van der Waals surface area contributed by atoms with Crippen LogP contribution in [0.4, 0.5) is 11.4 Å². The van der Waals surface area contributed by atoms with Gasteiger partial charge in [-0.25, -0.2) is 9.69 Å². The average molecular weight is 424 g/mol. The SMILES string of the molecule is CCOC(=O)c1ccc(N2C(=O)C[C@@H]([NH+]3CCN(c4ccccc4O)CC3)C2=O)cc1. The molecule has 2 saturated heterocycles. The molecule has 162 valence electrons. The molecule has 8 nitrogen and oxygen atoms in total. The Labute approximate surface area is 180 Å². The Balaban J connectivity index is 1.42. The van der Waals surface area contributed by atoms with Crippen LogP contribution in [-0.2, 0) is 14.3 Å². The molecule has 1 atom stereocenters. The maximum atomic E-state index is 13.1. The lowest BCUT2D eigenvalue weighted by Gasteiger charge is -2.35. The number of quaternary nitrogens is 1. The second-order valence-corrected chi connectivity index (χ2v) is 7.73. The molecule has 0 saturated carbocycles. The number of carbonyl (C=O) groups is 3. The first-order chi connectivity index (χ1) is 15.0. The Hall–Kier alpha value is -3.39. The number of anilines is 2. The molecule has 2 heterocycles. The third-order valence-corrected chi connectivity index (χ3v) is 5.90. The Morgan fingerprint density at radius 1 is 1.10 bits per heavy atom. The maximum Gasteiger partial charge on any atom is 0.338 e. The number of esters is 1. The normalized spacial score (nSPS) is 19.7. The van der Waals surface area contributed by atoms with Crippen LogP contribution >= 0.6 is 0 Å².